The summed E-state index contributed by atoms with van der Waals surface area (Å²) in [4.78, 5) is 22.6. The van der Waals surface area contributed by atoms with Gasteiger partial charge < -0.3 is 15.1 Å². The maximum atomic E-state index is 14.1. The third kappa shape index (κ3) is 3.07. The average Bonchev–Trinajstić information content (AvgIpc) is 2.51. The molecule has 1 aromatic heterocycles. The van der Waals surface area contributed by atoms with Gasteiger partial charge in [-0.2, -0.15) is 13.2 Å². The van der Waals surface area contributed by atoms with E-state index in [0.29, 0.717) is 13.1 Å². The van der Waals surface area contributed by atoms with Crippen LogP contribution in [0.3, 0.4) is 0 Å². The van der Waals surface area contributed by atoms with Gasteiger partial charge in [-0.05, 0) is 0 Å². The van der Waals surface area contributed by atoms with Gasteiger partial charge in [-0.15, -0.1) is 0 Å². The molecule has 0 radical (unpaired) electrons. The van der Waals surface area contributed by atoms with Crippen molar-refractivity contribution in [1.82, 2.24) is 20.2 Å². The first kappa shape index (κ1) is 15.9. The van der Waals surface area contributed by atoms with Gasteiger partial charge in [0.1, 0.15) is 0 Å². The van der Waals surface area contributed by atoms with Crippen molar-refractivity contribution < 1.29 is 22.4 Å². The van der Waals surface area contributed by atoms with Gasteiger partial charge in [0.05, 0.1) is 5.56 Å². The number of hydrogen-bond donors (Lipinski definition) is 1. The number of amides is 1. The van der Waals surface area contributed by atoms with Crippen LogP contribution in [0.25, 0.3) is 0 Å². The first-order valence-electron chi connectivity index (χ1n) is 7.13. The monoisotopic (exact) mass is 333 g/mol. The highest BCUT2D eigenvalue weighted by Gasteiger charge is 2.47. The standard InChI is InChI=1S/C13H15F4N5O/c14-12(7-18-8-12)10(23)21-1-3-22(4-2-21)11-19-5-9(6-20-11)13(15,16)17/h5-6,18H,1-4,7-8H2. The van der Waals surface area contributed by atoms with E-state index < -0.39 is 23.3 Å². The topological polar surface area (TPSA) is 61.4 Å². The summed E-state index contributed by atoms with van der Waals surface area (Å²) in [5.41, 5.74) is -2.74. The Bertz CT molecular complexity index is 579. The Balaban J connectivity index is 1.59. The second kappa shape index (κ2) is 5.59. The van der Waals surface area contributed by atoms with Crippen molar-refractivity contribution >= 4 is 11.9 Å². The Kier molecular flexibility index (Phi) is 3.86. The van der Waals surface area contributed by atoms with E-state index in [1.54, 1.807) is 4.90 Å². The van der Waals surface area contributed by atoms with Gasteiger partial charge in [0.25, 0.3) is 5.91 Å². The van der Waals surface area contributed by atoms with Gasteiger partial charge in [-0.3, -0.25) is 4.79 Å². The van der Waals surface area contributed by atoms with E-state index in [2.05, 4.69) is 15.3 Å². The van der Waals surface area contributed by atoms with Gasteiger partial charge in [-0.1, -0.05) is 0 Å². The zero-order chi connectivity index (χ0) is 16.7. The Hall–Kier alpha value is -1.97. The average molecular weight is 333 g/mol. The molecule has 0 unspecified atom stereocenters. The quantitative estimate of drug-likeness (QED) is 0.797. The van der Waals surface area contributed by atoms with Gasteiger partial charge in [0.2, 0.25) is 11.6 Å². The molecule has 0 aliphatic carbocycles. The summed E-state index contributed by atoms with van der Waals surface area (Å²) < 4.78 is 51.5. The number of aromatic nitrogens is 2. The summed E-state index contributed by atoms with van der Waals surface area (Å²) in [6.45, 7) is 1.31. The zero-order valence-electron chi connectivity index (χ0n) is 12.1. The van der Waals surface area contributed by atoms with E-state index in [1.807, 2.05) is 0 Å². The molecule has 2 fully saturated rings. The summed E-state index contributed by atoms with van der Waals surface area (Å²) in [7, 11) is 0. The van der Waals surface area contributed by atoms with Crippen LogP contribution in [0, 0.1) is 0 Å². The predicted molar refractivity (Wildman–Crippen MR) is 72.5 cm³/mol. The predicted octanol–water partition coefficient (Wildman–Crippen LogP) is 0.455. The van der Waals surface area contributed by atoms with Gasteiger partial charge >= 0.3 is 6.18 Å². The van der Waals surface area contributed by atoms with E-state index in [-0.39, 0.29) is 32.1 Å². The fourth-order valence-electron chi connectivity index (χ4n) is 2.52. The van der Waals surface area contributed by atoms with Crippen LogP contribution in [0.4, 0.5) is 23.5 Å². The molecule has 1 N–H and O–H groups in total. The molecule has 2 aliphatic heterocycles. The number of nitrogens with zero attached hydrogens (tertiary/aromatic N) is 4. The molecule has 0 spiro atoms. The summed E-state index contributed by atoms with van der Waals surface area (Å²) in [6.07, 6.45) is -3.01. The summed E-state index contributed by atoms with van der Waals surface area (Å²) >= 11 is 0. The van der Waals surface area contributed by atoms with Crippen LogP contribution in [0.15, 0.2) is 12.4 Å². The van der Waals surface area contributed by atoms with E-state index in [0.717, 1.165) is 12.4 Å². The largest absolute Gasteiger partial charge is 0.419 e. The Morgan fingerprint density at radius 1 is 1.13 bits per heavy atom. The molecule has 126 valence electrons. The molecule has 0 aromatic carbocycles. The molecule has 0 saturated carbocycles. The molecule has 0 bridgehead atoms. The Morgan fingerprint density at radius 2 is 1.70 bits per heavy atom. The first-order valence-corrected chi connectivity index (χ1v) is 7.13. The maximum absolute atomic E-state index is 14.1. The molecular formula is C13H15F4N5O. The summed E-state index contributed by atoms with van der Waals surface area (Å²) in [5, 5.41) is 2.73. The van der Waals surface area contributed by atoms with Gasteiger partial charge in [0.15, 0.2) is 0 Å². The minimum absolute atomic E-state index is 0.0219. The molecule has 1 amide bonds. The molecule has 10 heteroatoms. The molecule has 23 heavy (non-hydrogen) atoms. The van der Waals surface area contributed by atoms with Crippen LogP contribution in [0.2, 0.25) is 0 Å². The molecule has 6 nitrogen and oxygen atoms in total. The van der Waals surface area contributed by atoms with Crippen molar-refractivity contribution in [2.24, 2.45) is 0 Å². The number of carbonyl (C=O) groups is 1. The Morgan fingerprint density at radius 3 is 2.13 bits per heavy atom. The summed E-state index contributed by atoms with van der Waals surface area (Å²) in [5.74, 6) is -0.366. The minimum atomic E-state index is -4.48. The molecule has 3 heterocycles. The number of nitrogens with one attached hydrogen (secondary N) is 1. The normalized spacial score (nSPS) is 21.0. The van der Waals surface area contributed by atoms with Gasteiger partial charge in [-0.25, -0.2) is 14.4 Å². The van der Waals surface area contributed by atoms with Crippen LogP contribution in [0.5, 0.6) is 0 Å². The lowest BCUT2D eigenvalue weighted by atomic mass is 9.97. The van der Waals surface area contributed by atoms with Crippen molar-refractivity contribution in [3.63, 3.8) is 0 Å². The smallest absolute Gasteiger partial charge is 0.337 e. The van der Waals surface area contributed by atoms with Crippen molar-refractivity contribution in [3.8, 4) is 0 Å². The number of rotatable bonds is 2. The molecule has 1 aromatic rings. The van der Waals surface area contributed by atoms with Crippen molar-refractivity contribution in [2.45, 2.75) is 11.8 Å². The summed E-state index contributed by atoms with van der Waals surface area (Å²) in [6, 6.07) is 0. The van der Waals surface area contributed by atoms with Gasteiger partial charge in [0, 0.05) is 51.7 Å². The van der Waals surface area contributed by atoms with Crippen molar-refractivity contribution in [2.75, 3.05) is 44.2 Å². The maximum Gasteiger partial charge on any atom is 0.419 e. The van der Waals surface area contributed by atoms with Crippen LogP contribution >= 0.6 is 0 Å². The van der Waals surface area contributed by atoms with Crippen molar-refractivity contribution in [3.05, 3.63) is 18.0 Å². The number of carbonyl (C=O) groups excluding carboxylic acids is 1. The van der Waals surface area contributed by atoms with E-state index in [4.69, 9.17) is 0 Å². The molecule has 3 rings (SSSR count). The lowest BCUT2D eigenvalue weighted by Crippen LogP contribution is -2.66. The number of halogens is 4. The van der Waals surface area contributed by atoms with Crippen LogP contribution in [-0.4, -0.2) is 65.7 Å². The lowest BCUT2D eigenvalue weighted by Gasteiger charge is -2.41. The number of piperazine rings is 1. The molecule has 0 atom stereocenters. The third-order valence-electron chi connectivity index (χ3n) is 4.01. The number of hydrogen-bond acceptors (Lipinski definition) is 5. The minimum Gasteiger partial charge on any atom is -0.337 e. The zero-order valence-corrected chi connectivity index (χ0v) is 12.1. The molecule has 2 aliphatic rings. The second-order valence-corrected chi connectivity index (χ2v) is 5.62. The first-order chi connectivity index (χ1) is 10.8. The fourth-order valence-corrected chi connectivity index (χ4v) is 2.52. The van der Waals surface area contributed by atoms with Crippen LogP contribution in [0.1, 0.15) is 5.56 Å². The molecule has 2 saturated heterocycles. The lowest BCUT2D eigenvalue weighted by molar-refractivity contribution is -0.147. The number of anilines is 1. The van der Waals surface area contributed by atoms with Crippen LogP contribution in [-0.2, 0) is 11.0 Å². The highest BCUT2D eigenvalue weighted by molar-refractivity contribution is 5.87. The fraction of sp³-hybridized carbons (Fsp3) is 0.615. The SMILES string of the molecule is O=C(N1CCN(c2ncc(C(F)(F)F)cn2)CC1)C1(F)CNC1. The highest BCUT2D eigenvalue weighted by Crippen LogP contribution is 2.28. The number of alkyl halides is 4. The van der Waals surface area contributed by atoms with Crippen molar-refractivity contribution in [1.29, 1.82) is 0 Å². The Labute approximate surface area is 129 Å². The van der Waals surface area contributed by atoms with E-state index >= 15 is 0 Å². The third-order valence-corrected chi connectivity index (χ3v) is 4.01. The van der Waals surface area contributed by atoms with E-state index in [9.17, 15) is 22.4 Å². The second-order valence-electron chi connectivity index (χ2n) is 5.62. The van der Waals surface area contributed by atoms with E-state index in [1.165, 1.54) is 4.90 Å². The highest BCUT2D eigenvalue weighted by atomic mass is 19.4. The molecular weight excluding hydrogens is 318 g/mol. The van der Waals surface area contributed by atoms with Crippen LogP contribution < -0.4 is 10.2 Å².